The number of fused-ring (bicyclic) bond motifs is 2. The summed E-state index contributed by atoms with van der Waals surface area (Å²) in [5.41, 5.74) is 6.59. The minimum absolute atomic E-state index is 0.0871. The first kappa shape index (κ1) is 19.6. The van der Waals surface area contributed by atoms with Crippen LogP contribution < -0.4 is 10.7 Å². The molecule has 4 rings (SSSR count). The van der Waals surface area contributed by atoms with E-state index in [1.165, 1.54) is 6.08 Å². The number of carbonyl (C=O) groups excluding carboxylic acids is 1. The fourth-order valence-corrected chi connectivity index (χ4v) is 4.55. The van der Waals surface area contributed by atoms with E-state index in [-0.39, 0.29) is 11.5 Å². The number of hydrogen-bond acceptors (Lipinski definition) is 5. The van der Waals surface area contributed by atoms with E-state index >= 15 is 0 Å². The second-order valence-electron chi connectivity index (χ2n) is 7.71. The number of rotatable bonds is 4. The van der Waals surface area contributed by atoms with E-state index in [0.29, 0.717) is 36.2 Å². The molecule has 3 N–H and O–H groups in total. The minimum atomic E-state index is -0.597. The number of allylic oxidation sites excluding steroid dienone is 1. The molecule has 7 nitrogen and oxygen atoms in total. The van der Waals surface area contributed by atoms with E-state index < -0.39 is 6.03 Å². The Morgan fingerprint density at radius 1 is 1.17 bits per heavy atom. The van der Waals surface area contributed by atoms with Crippen LogP contribution in [0.3, 0.4) is 0 Å². The van der Waals surface area contributed by atoms with Crippen LogP contribution in [0, 0.1) is 5.82 Å². The molecule has 1 fully saturated rings. The van der Waals surface area contributed by atoms with Crippen molar-refractivity contribution in [3.05, 3.63) is 52.3 Å². The molecule has 3 aliphatic rings. The maximum Gasteiger partial charge on any atom is 0.339 e. The van der Waals surface area contributed by atoms with Crippen molar-refractivity contribution in [2.45, 2.75) is 44.9 Å². The van der Waals surface area contributed by atoms with Crippen molar-refractivity contribution in [1.82, 2.24) is 15.5 Å². The lowest BCUT2D eigenvalue weighted by molar-refractivity contribution is -0.0925. The summed E-state index contributed by atoms with van der Waals surface area (Å²) in [5, 5.41) is 13.9. The number of halogens is 1. The summed E-state index contributed by atoms with van der Waals surface area (Å²) in [6, 6.07) is -0.597. The molecule has 0 bridgehead atoms. The highest BCUT2D eigenvalue weighted by molar-refractivity contribution is 5.92. The lowest BCUT2D eigenvalue weighted by Gasteiger charge is -2.31. The fraction of sp³-hybridized carbons (Fsp3) is 0.476. The number of nitrogens with one attached hydrogen (secondary N) is 2. The van der Waals surface area contributed by atoms with E-state index in [1.54, 1.807) is 0 Å². The minimum Gasteiger partial charge on any atom is -0.477 e. The first-order chi connectivity index (χ1) is 14.0. The highest BCUT2D eigenvalue weighted by Crippen LogP contribution is 2.40. The van der Waals surface area contributed by atoms with Gasteiger partial charge >= 0.3 is 6.03 Å². The van der Waals surface area contributed by atoms with Crippen molar-refractivity contribution in [3.8, 4) is 0 Å². The number of amides is 2. The predicted molar refractivity (Wildman–Crippen MR) is 107 cm³/mol. The largest absolute Gasteiger partial charge is 0.477 e. The molecule has 0 saturated carbocycles. The van der Waals surface area contributed by atoms with Crippen LogP contribution in [-0.2, 0) is 30.4 Å². The lowest BCUT2D eigenvalue weighted by atomic mass is 9.98. The van der Waals surface area contributed by atoms with Crippen molar-refractivity contribution in [2.75, 3.05) is 25.5 Å². The zero-order chi connectivity index (χ0) is 20.5. The molecule has 0 spiro atoms. The summed E-state index contributed by atoms with van der Waals surface area (Å²) in [7, 11) is 1.84. The average Bonchev–Trinajstić information content (AvgIpc) is 3.37. The maximum absolute atomic E-state index is 14.8. The first-order valence-electron chi connectivity index (χ1n) is 10.1. The molecule has 1 aromatic carbocycles. The Morgan fingerprint density at radius 3 is 2.38 bits per heavy atom. The van der Waals surface area contributed by atoms with E-state index in [0.717, 1.165) is 60.9 Å². The number of hydroxylamine groups is 1. The van der Waals surface area contributed by atoms with Gasteiger partial charge in [0.25, 0.3) is 0 Å². The second-order valence-corrected chi connectivity index (χ2v) is 7.71. The summed E-state index contributed by atoms with van der Waals surface area (Å²) in [4.78, 5) is 14.5. The third-order valence-electron chi connectivity index (χ3n) is 5.88. The van der Waals surface area contributed by atoms with Gasteiger partial charge in [-0.2, -0.15) is 5.17 Å². The van der Waals surface area contributed by atoms with Gasteiger partial charge in [-0.1, -0.05) is 6.58 Å². The number of urea groups is 1. The van der Waals surface area contributed by atoms with Crippen LogP contribution >= 0.6 is 0 Å². The highest BCUT2D eigenvalue weighted by atomic mass is 19.1. The molecule has 0 unspecified atom stereocenters. The van der Waals surface area contributed by atoms with Gasteiger partial charge in [0.2, 0.25) is 5.88 Å². The Labute approximate surface area is 169 Å². The molecule has 8 heteroatoms. The molecule has 1 heterocycles. The van der Waals surface area contributed by atoms with Gasteiger partial charge in [-0.15, -0.1) is 0 Å². The zero-order valence-electron chi connectivity index (χ0n) is 16.7. The third-order valence-corrected chi connectivity index (χ3v) is 5.88. The van der Waals surface area contributed by atoms with E-state index in [9.17, 15) is 14.4 Å². The monoisotopic (exact) mass is 402 g/mol. The van der Waals surface area contributed by atoms with Crippen LogP contribution in [0.2, 0.25) is 0 Å². The lowest BCUT2D eigenvalue weighted by Crippen LogP contribution is -2.43. The summed E-state index contributed by atoms with van der Waals surface area (Å²) < 4.78 is 20.4. The smallest absolute Gasteiger partial charge is 0.339 e. The Morgan fingerprint density at radius 2 is 1.79 bits per heavy atom. The van der Waals surface area contributed by atoms with Crippen LogP contribution in [0.1, 0.15) is 41.5 Å². The zero-order valence-corrected chi connectivity index (χ0v) is 16.7. The molecular weight excluding hydrogens is 375 g/mol. The second kappa shape index (κ2) is 7.94. The van der Waals surface area contributed by atoms with Crippen LogP contribution in [0.4, 0.5) is 14.9 Å². The first-order valence-corrected chi connectivity index (χ1v) is 10.1. The number of carbonyl (C=O) groups is 1. The molecule has 156 valence electrons. The summed E-state index contributed by atoms with van der Waals surface area (Å²) >= 11 is 0. The standard InChI is InChI=1S/C21H27FN4O3/c1-3-17(20-25(2)11-6-12-29-20)26(28)24-21(27)23-19-15-9-4-7-13(15)18(22)14-8-5-10-16(14)19/h3,28H,1,4-12H2,2H3,(H2,23,24,27)/b20-17-. The van der Waals surface area contributed by atoms with Crippen molar-refractivity contribution >= 4 is 11.7 Å². The SMILES string of the molecule is C=C/C(=C1/OCCCN1C)N(O)NC(=O)Nc1c2c(c(F)c3c1CCC3)CCC2. The van der Waals surface area contributed by atoms with Crippen LogP contribution in [-0.4, -0.2) is 41.5 Å². The molecule has 29 heavy (non-hydrogen) atoms. The quantitative estimate of drug-likeness (QED) is 0.674. The van der Waals surface area contributed by atoms with Crippen molar-refractivity contribution in [3.63, 3.8) is 0 Å². The molecule has 0 aromatic heterocycles. The molecule has 0 radical (unpaired) electrons. The molecule has 1 saturated heterocycles. The number of benzene rings is 1. The van der Waals surface area contributed by atoms with Gasteiger partial charge in [0.1, 0.15) is 11.5 Å². The summed E-state index contributed by atoms with van der Waals surface area (Å²) in [5.74, 6) is 0.355. The van der Waals surface area contributed by atoms with Crippen LogP contribution in [0.25, 0.3) is 0 Å². The Bertz CT molecular complexity index is 848. The number of hydrazine groups is 1. The molecule has 0 atom stereocenters. The van der Waals surface area contributed by atoms with Gasteiger partial charge in [0, 0.05) is 19.3 Å². The van der Waals surface area contributed by atoms with Crippen LogP contribution in [0.15, 0.2) is 24.2 Å². The van der Waals surface area contributed by atoms with E-state index in [1.807, 2.05) is 11.9 Å². The normalized spacial score (nSPS) is 19.2. The van der Waals surface area contributed by atoms with Crippen molar-refractivity contribution in [1.29, 1.82) is 0 Å². The van der Waals surface area contributed by atoms with Gasteiger partial charge in [0.15, 0.2) is 0 Å². The average molecular weight is 402 g/mol. The Balaban J connectivity index is 1.55. The summed E-state index contributed by atoms with van der Waals surface area (Å²) in [6.45, 7) is 5.02. The number of hydrogen-bond donors (Lipinski definition) is 3. The number of anilines is 1. The van der Waals surface area contributed by atoms with Gasteiger partial charge < -0.3 is 15.0 Å². The molecular formula is C21H27FN4O3. The molecule has 2 amide bonds. The topological polar surface area (TPSA) is 77.1 Å². The fourth-order valence-electron chi connectivity index (χ4n) is 4.55. The number of nitrogens with zero attached hydrogens (tertiary/aromatic N) is 2. The van der Waals surface area contributed by atoms with Gasteiger partial charge in [-0.05, 0) is 73.3 Å². The Kier molecular flexibility index (Phi) is 5.36. The number of ether oxygens (including phenoxy) is 1. The highest BCUT2D eigenvalue weighted by Gasteiger charge is 2.30. The summed E-state index contributed by atoms with van der Waals surface area (Å²) in [6.07, 6.45) is 6.97. The molecule has 2 aliphatic carbocycles. The predicted octanol–water partition coefficient (Wildman–Crippen LogP) is 3.24. The Hall–Kier alpha value is -2.74. The van der Waals surface area contributed by atoms with Gasteiger partial charge in [-0.3, -0.25) is 5.21 Å². The van der Waals surface area contributed by atoms with Crippen molar-refractivity contribution in [2.24, 2.45) is 0 Å². The van der Waals surface area contributed by atoms with E-state index in [4.69, 9.17) is 4.74 Å². The molecule has 1 aromatic rings. The van der Waals surface area contributed by atoms with Crippen LogP contribution in [0.5, 0.6) is 0 Å². The molecule has 1 aliphatic heterocycles. The maximum atomic E-state index is 14.8. The van der Waals surface area contributed by atoms with Gasteiger partial charge in [0.05, 0.1) is 6.61 Å². The van der Waals surface area contributed by atoms with E-state index in [2.05, 4.69) is 17.3 Å². The third kappa shape index (κ3) is 3.53. The van der Waals surface area contributed by atoms with Crippen molar-refractivity contribution < 1.29 is 19.1 Å². The van der Waals surface area contributed by atoms with Gasteiger partial charge in [-0.25, -0.2) is 14.6 Å².